The molecule has 0 aliphatic heterocycles. The average molecular weight is 615 g/mol. The molecule has 6 nitrogen and oxygen atoms in total. The van der Waals surface area contributed by atoms with E-state index in [1.54, 1.807) is 0 Å². The van der Waals surface area contributed by atoms with Gasteiger partial charge < -0.3 is 18.9 Å². The van der Waals surface area contributed by atoms with Gasteiger partial charge in [0, 0.05) is 21.5 Å². The first-order valence-electron chi connectivity index (χ1n) is 16.0. The first-order chi connectivity index (χ1) is 22.5. The van der Waals surface area contributed by atoms with Gasteiger partial charge in [-0.1, -0.05) is 112 Å². The first-order valence-corrected chi connectivity index (χ1v) is 16.0. The Balaban J connectivity index is 1.82. The molecule has 0 atom stereocenters. The zero-order valence-corrected chi connectivity index (χ0v) is 26.8. The van der Waals surface area contributed by atoms with E-state index in [1.807, 2.05) is 36.4 Å². The Bertz CT molecular complexity index is 1940. The predicted octanol–water partition coefficient (Wildman–Crippen LogP) is 10.9. The number of ether oxygens (including phenoxy) is 4. The normalized spacial score (nSPS) is 11.3. The Morgan fingerprint density at radius 1 is 0.500 bits per heavy atom. The molecule has 0 fully saturated rings. The predicted molar refractivity (Wildman–Crippen MR) is 185 cm³/mol. The fourth-order valence-electron chi connectivity index (χ4n) is 6.45. The van der Waals surface area contributed by atoms with Crippen LogP contribution in [0.1, 0.15) is 50.7 Å². The summed E-state index contributed by atoms with van der Waals surface area (Å²) in [6, 6.07) is 28.8. The van der Waals surface area contributed by atoms with Crippen molar-refractivity contribution in [3.05, 3.63) is 96.1 Å². The lowest BCUT2D eigenvalue weighted by molar-refractivity contribution is 0.121. The minimum atomic E-state index is -0.768. The number of benzene rings is 6. The van der Waals surface area contributed by atoms with E-state index in [9.17, 15) is 9.59 Å². The van der Waals surface area contributed by atoms with Crippen LogP contribution < -0.4 is 9.47 Å². The molecule has 0 aromatic heterocycles. The van der Waals surface area contributed by atoms with Crippen molar-refractivity contribution >= 4 is 55.4 Å². The van der Waals surface area contributed by atoms with E-state index >= 15 is 0 Å². The molecule has 0 radical (unpaired) electrons. The molecular formula is C40H38O6. The van der Waals surface area contributed by atoms with Crippen molar-refractivity contribution in [1.82, 2.24) is 0 Å². The maximum absolute atomic E-state index is 12.6. The highest BCUT2D eigenvalue weighted by atomic mass is 16.7. The highest BCUT2D eigenvalue weighted by Crippen LogP contribution is 2.50. The quantitative estimate of drug-likeness (QED) is 0.0916. The highest BCUT2D eigenvalue weighted by molar-refractivity contribution is 6.27. The van der Waals surface area contributed by atoms with Crippen LogP contribution in [0.15, 0.2) is 84.9 Å². The zero-order chi connectivity index (χ0) is 32.2. The first kappa shape index (κ1) is 30.9. The molecule has 6 heteroatoms. The molecule has 0 saturated heterocycles. The molecule has 0 spiro atoms. The van der Waals surface area contributed by atoms with Crippen molar-refractivity contribution in [1.29, 1.82) is 0 Å². The smallest absolute Gasteiger partial charge is 0.437 e. The maximum Gasteiger partial charge on any atom is 0.513 e. The number of carbonyl (C=O) groups is 2. The van der Waals surface area contributed by atoms with E-state index in [0.717, 1.165) is 92.7 Å². The number of carbonyl (C=O) groups excluding carboxylic acids is 2. The summed E-state index contributed by atoms with van der Waals surface area (Å²) in [7, 11) is 2.63. The van der Waals surface area contributed by atoms with Crippen LogP contribution in [-0.4, -0.2) is 26.5 Å². The van der Waals surface area contributed by atoms with Crippen LogP contribution in [0.4, 0.5) is 9.59 Å². The van der Waals surface area contributed by atoms with Gasteiger partial charge in [0.15, 0.2) is 0 Å². The van der Waals surface area contributed by atoms with Gasteiger partial charge >= 0.3 is 12.3 Å². The van der Waals surface area contributed by atoms with Gasteiger partial charge in [-0.3, -0.25) is 0 Å². The van der Waals surface area contributed by atoms with Crippen LogP contribution in [0.3, 0.4) is 0 Å². The summed E-state index contributed by atoms with van der Waals surface area (Å²) in [5, 5.41) is 7.04. The Kier molecular flexibility index (Phi) is 9.06. The SMILES string of the molecule is CCCCc1ccc2c(OC(=O)OC)c3ccccc3c(-c3c4ccccc4c(OC(=O)OC)c4ccc(CCCC)cc34)c2c1. The zero-order valence-electron chi connectivity index (χ0n) is 26.8. The lowest BCUT2D eigenvalue weighted by Gasteiger charge is -2.22. The molecule has 0 N–H and O–H groups in total. The molecule has 0 unspecified atom stereocenters. The Morgan fingerprint density at radius 3 is 1.24 bits per heavy atom. The number of rotatable bonds is 9. The van der Waals surface area contributed by atoms with Gasteiger partial charge in [-0.15, -0.1) is 0 Å². The van der Waals surface area contributed by atoms with E-state index in [4.69, 9.17) is 18.9 Å². The van der Waals surface area contributed by atoms with Gasteiger partial charge in [0.05, 0.1) is 14.2 Å². The summed E-state index contributed by atoms with van der Waals surface area (Å²) in [5.41, 5.74) is 4.47. The summed E-state index contributed by atoms with van der Waals surface area (Å²) in [4.78, 5) is 25.1. The lowest BCUT2D eigenvalue weighted by atomic mass is 9.84. The molecule has 0 bridgehead atoms. The number of fused-ring (bicyclic) bond motifs is 4. The maximum atomic E-state index is 12.6. The summed E-state index contributed by atoms with van der Waals surface area (Å²) >= 11 is 0. The van der Waals surface area contributed by atoms with Crippen LogP contribution in [0.25, 0.3) is 54.2 Å². The highest BCUT2D eigenvalue weighted by Gasteiger charge is 2.24. The number of methoxy groups -OCH3 is 2. The monoisotopic (exact) mass is 614 g/mol. The van der Waals surface area contributed by atoms with E-state index in [1.165, 1.54) is 25.3 Å². The minimum absolute atomic E-state index is 0.464. The van der Waals surface area contributed by atoms with Crippen molar-refractivity contribution in [3.8, 4) is 22.6 Å². The van der Waals surface area contributed by atoms with Crippen molar-refractivity contribution in [3.63, 3.8) is 0 Å². The number of hydrogen-bond donors (Lipinski definition) is 0. The lowest BCUT2D eigenvalue weighted by Crippen LogP contribution is -2.09. The molecule has 0 aliphatic rings. The summed E-state index contributed by atoms with van der Waals surface area (Å²) in [5.74, 6) is 0.928. The molecular weight excluding hydrogens is 576 g/mol. The number of aryl methyl sites for hydroxylation is 2. The largest absolute Gasteiger partial charge is 0.513 e. The van der Waals surface area contributed by atoms with Gasteiger partial charge in [-0.2, -0.15) is 0 Å². The second kappa shape index (κ2) is 13.5. The third kappa shape index (κ3) is 5.71. The Morgan fingerprint density at radius 2 is 0.870 bits per heavy atom. The van der Waals surface area contributed by atoms with Gasteiger partial charge in [-0.25, -0.2) is 9.59 Å². The minimum Gasteiger partial charge on any atom is -0.437 e. The van der Waals surface area contributed by atoms with Crippen molar-refractivity contribution in [2.24, 2.45) is 0 Å². The molecule has 234 valence electrons. The molecule has 6 aromatic rings. The molecule has 0 saturated carbocycles. The second-order valence-corrected chi connectivity index (χ2v) is 11.6. The summed E-state index contributed by atoms with van der Waals surface area (Å²) in [6.45, 7) is 4.38. The van der Waals surface area contributed by atoms with Crippen molar-refractivity contribution in [2.75, 3.05) is 14.2 Å². The second-order valence-electron chi connectivity index (χ2n) is 11.6. The van der Waals surface area contributed by atoms with Gasteiger partial charge in [0.2, 0.25) is 0 Å². The standard InChI is InChI=1S/C40H38O6/c1-5-7-13-25-19-21-31-33(23-25)35(27-15-9-11-17-29(27)37(31)45-39(41)43-3)36-28-16-10-12-18-30(28)38(46-40(42)44-4)32-22-20-26(14-8-6-2)24-34(32)36/h9-12,15-24H,5-8,13-14H2,1-4H3. The fourth-order valence-corrected chi connectivity index (χ4v) is 6.45. The van der Waals surface area contributed by atoms with Crippen LogP contribution >= 0.6 is 0 Å². The molecule has 6 aromatic carbocycles. The third-order valence-corrected chi connectivity index (χ3v) is 8.67. The average Bonchev–Trinajstić information content (AvgIpc) is 3.09. The summed E-state index contributed by atoms with van der Waals surface area (Å²) < 4.78 is 21.7. The fraction of sp³-hybridized carbons (Fsp3) is 0.250. The molecule has 0 heterocycles. The third-order valence-electron chi connectivity index (χ3n) is 8.67. The topological polar surface area (TPSA) is 71.1 Å². The number of hydrogen-bond acceptors (Lipinski definition) is 6. The Labute approximate surface area is 268 Å². The van der Waals surface area contributed by atoms with Gasteiger partial charge in [0.25, 0.3) is 0 Å². The summed E-state index contributed by atoms with van der Waals surface area (Å²) in [6.07, 6.45) is 4.61. The molecule has 0 aliphatic carbocycles. The van der Waals surface area contributed by atoms with E-state index in [0.29, 0.717) is 11.5 Å². The van der Waals surface area contributed by atoms with Crippen LogP contribution in [0.5, 0.6) is 11.5 Å². The van der Waals surface area contributed by atoms with Gasteiger partial charge in [-0.05, 0) is 69.5 Å². The van der Waals surface area contributed by atoms with Crippen molar-refractivity contribution < 1.29 is 28.5 Å². The molecule has 46 heavy (non-hydrogen) atoms. The van der Waals surface area contributed by atoms with E-state index < -0.39 is 12.3 Å². The number of unbranched alkanes of at least 4 members (excludes halogenated alkanes) is 2. The van der Waals surface area contributed by atoms with Crippen molar-refractivity contribution in [2.45, 2.75) is 52.4 Å². The van der Waals surface area contributed by atoms with E-state index in [2.05, 4.69) is 62.4 Å². The van der Waals surface area contributed by atoms with Gasteiger partial charge in [0.1, 0.15) is 11.5 Å². The van der Waals surface area contributed by atoms with Crippen LogP contribution in [-0.2, 0) is 22.3 Å². The molecule has 6 rings (SSSR count). The van der Waals surface area contributed by atoms with Crippen LogP contribution in [0.2, 0.25) is 0 Å². The van der Waals surface area contributed by atoms with Crippen LogP contribution in [0, 0.1) is 0 Å². The van der Waals surface area contributed by atoms with E-state index in [-0.39, 0.29) is 0 Å². The molecule has 0 amide bonds. The Hall–Kier alpha value is -5.10.